The van der Waals surface area contributed by atoms with Crippen LogP contribution in [0.4, 0.5) is 14.5 Å². The van der Waals surface area contributed by atoms with Gasteiger partial charge in [0.1, 0.15) is 24.0 Å². The summed E-state index contributed by atoms with van der Waals surface area (Å²) >= 11 is 5.00. The fraction of sp³-hybridized carbons (Fsp3) is 0.0476. The summed E-state index contributed by atoms with van der Waals surface area (Å²) in [5.74, 6) is -1.35. The SMILES string of the molecule is O=C(NC(=S)Nc1ccc(F)cc1F)c1ccc(OCc2ccccc2)cc1. The molecular weight excluding hydrogens is 382 g/mol. The third-order valence-electron chi connectivity index (χ3n) is 3.77. The number of nitrogens with one attached hydrogen (secondary N) is 2. The Morgan fingerprint density at radius 2 is 1.68 bits per heavy atom. The number of thiocarbonyl (C=S) groups is 1. The smallest absolute Gasteiger partial charge is 0.257 e. The fourth-order valence-electron chi connectivity index (χ4n) is 2.36. The van der Waals surface area contributed by atoms with E-state index in [2.05, 4.69) is 10.6 Å². The average Bonchev–Trinajstić information content (AvgIpc) is 2.69. The maximum absolute atomic E-state index is 13.6. The molecule has 0 aliphatic carbocycles. The molecule has 0 bridgehead atoms. The molecule has 3 rings (SSSR count). The minimum Gasteiger partial charge on any atom is -0.489 e. The van der Waals surface area contributed by atoms with E-state index in [0.29, 0.717) is 17.9 Å². The highest BCUT2D eigenvalue weighted by molar-refractivity contribution is 7.80. The number of carbonyl (C=O) groups is 1. The van der Waals surface area contributed by atoms with Crippen LogP contribution in [0.2, 0.25) is 0 Å². The van der Waals surface area contributed by atoms with Crippen LogP contribution in [-0.4, -0.2) is 11.0 Å². The highest BCUT2D eigenvalue weighted by atomic mass is 32.1. The minimum absolute atomic E-state index is 0.0311. The summed E-state index contributed by atoms with van der Waals surface area (Å²) in [5.41, 5.74) is 1.36. The van der Waals surface area contributed by atoms with Crippen molar-refractivity contribution >= 4 is 28.9 Å². The molecule has 2 N–H and O–H groups in total. The Bertz CT molecular complexity index is 979. The highest BCUT2D eigenvalue weighted by Crippen LogP contribution is 2.16. The highest BCUT2D eigenvalue weighted by Gasteiger charge is 2.10. The molecule has 3 aromatic rings. The van der Waals surface area contributed by atoms with E-state index in [1.54, 1.807) is 24.3 Å². The number of amides is 1. The summed E-state index contributed by atoms with van der Waals surface area (Å²) < 4.78 is 32.2. The molecule has 0 spiro atoms. The first-order valence-corrected chi connectivity index (χ1v) is 8.76. The van der Waals surface area contributed by atoms with Gasteiger partial charge in [0.15, 0.2) is 5.11 Å². The molecule has 1 amide bonds. The molecule has 0 saturated carbocycles. The van der Waals surface area contributed by atoms with Gasteiger partial charge in [-0.2, -0.15) is 0 Å². The zero-order valence-corrected chi connectivity index (χ0v) is 15.4. The van der Waals surface area contributed by atoms with Gasteiger partial charge in [0.2, 0.25) is 0 Å². The second-order valence-electron chi connectivity index (χ2n) is 5.83. The van der Waals surface area contributed by atoms with Gasteiger partial charge < -0.3 is 10.1 Å². The van der Waals surface area contributed by atoms with Crippen molar-refractivity contribution in [3.63, 3.8) is 0 Å². The maximum Gasteiger partial charge on any atom is 0.257 e. The van der Waals surface area contributed by atoms with E-state index >= 15 is 0 Å². The second-order valence-corrected chi connectivity index (χ2v) is 6.24. The van der Waals surface area contributed by atoms with E-state index < -0.39 is 17.5 Å². The zero-order valence-electron chi connectivity index (χ0n) is 14.6. The van der Waals surface area contributed by atoms with Crippen LogP contribution in [0.5, 0.6) is 5.75 Å². The average molecular weight is 398 g/mol. The number of carbonyl (C=O) groups excluding carboxylic acids is 1. The third kappa shape index (κ3) is 5.34. The van der Waals surface area contributed by atoms with Gasteiger partial charge in [-0.05, 0) is 54.2 Å². The lowest BCUT2D eigenvalue weighted by molar-refractivity contribution is 0.0977. The number of hydrogen-bond donors (Lipinski definition) is 2. The predicted molar refractivity (Wildman–Crippen MR) is 107 cm³/mol. The second kappa shape index (κ2) is 9.05. The molecule has 0 fully saturated rings. The molecule has 142 valence electrons. The number of ether oxygens (including phenoxy) is 1. The summed E-state index contributed by atoms with van der Waals surface area (Å²) in [6.45, 7) is 0.420. The number of benzene rings is 3. The van der Waals surface area contributed by atoms with Gasteiger partial charge in [-0.25, -0.2) is 8.78 Å². The van der Waals surface area contributed by atoms with Crippen molar-refractivity contribution in [2.75, 3.05) is 5.32 Å². The Morgan fingerprint density at radius 1 is 0.964 bits per heavy atom. The third-order valence-corrected chi connectivity index (χ3v) is 3.98. The lowest BCUT2D eigenvalue weighted by Crippen LogP contribution is -2.34. The van der Waals surface area contributed by atoms with Crippen LogP contribution in [0, 0.1) is 11.6 Å². The molecule has 0 aromatic heterocycles. The van der Waals surface area contributed by atoms with Gasteiger partial charge >= 0.3 is 0 Å². The molecule has 0 heterocycles. The van der Waals surface area contributed by atoms with Crippen LogP contribution in [-0.2, 0) is 6.61 Å². The molecule has 0 aliphatic rings. The van der Waals surface area contributed by atoms with Gasteiger partial charge in [-0.1, -0.05) is 30.3 Å². The van der Waals surface area contributed by atoms with Gasteiger partial charge in [0, 0.05) is 11.6 Å². The summed E-state index contributed by atoms with van der Waals surface area (Å²) in [6, 6.07) is 19.3. The number of halogens is 2. The van der Waals surface area contributed by atoms with Crippen LogP contribution >= 0.6 is 12.2 Å². The number of rotatable bonds is 5. The molecule has 0 aliphatic heterocycles. The van der Waals surface area contributed by atoms with E-state index in [-0.39, 0.29) is 10.8 Å². The molecular formula is C21H16F2N2O2S. The van der Waals surface area contributed by atoms with Crippen LogP contribution in [0.3, 0.4) is 0 Å². The quantitative estimate of drug-likeness (QED) is 0.614. The monoisotopic (exact) mass is 398 g/mol. The van der Waals surface area contributed by atoms with Crippen molar-refractivity contribution in [1.29, 1.82) is 0 Å². The molecule has 4 nitrogen and oxygen atoms in total. The van der Waals surface area contributed by atoms with Crippen molar-refractivity contribution in [2.24, 2.45) is 0 Å². The molecule has 7 heteroatoms. The van der Waals surface area contributed by atoms with Crippen LogP contribution < -0.4 is 15.4 Å². The van der Waals surface area contributed by atoms with E-state index in [0.717, 1.165) is 17.7 Å². The van der Waals surface area contributed by atoms with Gasteiger partial charge in [-0.15, -0.1) is 0 Å². The first-order valence-electron chi connectivity index (χ1n) is 8.35. The molecule has 0 unspecified atom stereocenters. The normalized spacial score (nSPS) is 10.2. The van der Waals surface area contributed by atoms with E-state index in [1.807, 2.05) is 30.3 Å². The first kappa shape index (κ1) is 19.4. The van der Waals surface area contributed by atoms with Crippen LogP contribution in [0.1, 0.15) is 15.9 Å². The lowest BCUT2D eigenvalue weighted by Gasteiger charge is -2.11. The van der Waals surface area contributed by atoms with E-state index in [1.165, 1.54) is 6.07 Å². The van der Waals surface area contributed by atoms with Crippen LogP contribution in [0.25, 0.3) is 0 Å². The standard InChI is InChI=1S/C21H16F2N2O2S/c22-16-8-11-19(18(23)12-16)24-21(28)25-20(26)15-6-9-17(10-7-15)27-13-14-4-2-1-3-5-14/h1-12H,13H2,(H2,24,25,26,28). The summed E-state index contributed by atoms with van der Waals surface area (Å²) in [7, 11) is 0. The Labute approximate surface area is 166 Å². The maximum atomic E-state index is 13.6. The van der Waals surface area contributed by atoms with Crippen molar-refractivity contribution in [2.45, 2.75) is 6.61 Å². The van der Waals surface area contributed by atoms with Gasteiger partial charge in [-0.3, -0.25) is 10.1 Å². The lowest BCUT2D eigenvalue weighted by atomic mass is 10.2. The van der Waals surface area contributed by atoms with Crippen molar-refractivity contribution < 1.29 is 18.3 Å². The van der Waals surface area contributed by atoms with Gasteiger partial charge in [0.05, 0.1) is 5.69 Å². The molecule has 0 atom stereocenters. The molecule has 0 saturated heterocycles. The Hall–Kier alpha value is -3.32. The topological polar surface area (TPSA) is 50.4 Å². The van der Waals surface area contributed by atoms with Crippen molar-refractivity contribution in [1.82, 2.24) is 5.32 Å². The van der Waals surface area contributed by atoms with Gasteiger partial charge in [0.25, 0.3) is 5.91 Å². The van der Waals surface area contributed by atoms with E-state index in [9.17, 15) is 13.6 Å². The van der Waals surface area contributed by atoms with E-state index in [4.69, 9.17) is 17.0 Å². The first-order chi connectivity index (χ1) is 13.5. The van der Waals surface area contributed by atoms with Crippen LogP contribution in [0.15, 0.2) is 72.8 Å². The van der Waals surface area contributed by atoms with Crippen molar-refractivity contribution in [3.8, 4) is 5.75 Å². The zero-order chi connectivity index (χ0) is 19.9. The largest absolute Gasteiger partial charge is 0.489 e. The fourth-order valence-corrected chi connectivity index (χ4v) is 2.57. The Kier molecular flexibility index (Phi) is 6.29. The summed E-state index contributed by atoms with van der Waals surface area (Å²) in [5, 5.41) is 4.87. The van der Waals surface area contributed by atoms with Crippen molar-refractivity contribution in [3.05, 3.63) is 95.6 Å². The summed E-state index contributed by atoms with van der Waals surface area (Å²) in [4.78, 5) is 12.2. The Morgan fingerprint density at radius 3 is 2.36 bits per heavy atom. The predicted octanol–water partition coefficient (Wildman–Crippen LogP) is 4.67. The number of anilines is 1. The Balaban J connectivity index is 1.54. The molecule has 3 aromatic carbocycles. The number of hydrogen-bond acceptors (Lipinski definition) is 3. The minimum atomic E-state index is -0.809. The molecule has 28 heavy (non-hydrogen) atoms. The molecule has 0 radical (unpaired) electrons. The summed E-state index contributed by atoms with van der Waals surface area (Å²) in [6.07, 6.45) is 0.